The van der Waals surface area contributed by atoms with Crippen LogP contribution in [0.1, 0.15) is 34.5 Å². The summed E-state index contributed by atoms with van der Waals surface area (Å²) in [6.07, 6.45) is 0. The van der Waals surface area contributed by atoms with Crippen molar-refractivity contribution in [2.24, 2.45) is 5.73 Å². The Bertz CT molecular complexity index is 596. The molecule has 0 unspecified atom stereocenters. The van der Waals surface area contributed by atoms with Crippen molar-refractivity contribution in [2.45, 2.75) is 19.5 Å². The molecular formula is C16H17BrN2O. The van der Waals surface area contributed by atoms with E-state index in [1.165, 1.54) is 5.56 Å². The van der Waals surface area contributed by atoms with Gasteiger partial charge in [-0.1, -0.05) is 46.3 Å². The van der Waals surface area contributed by atoms with Crippen LogP contribution in [0.15, 0.2) is 53.0 Å². The van der Waals surface area contributed by atoms with Gasteiger partial charge in [0.25, 0.3) is 0 Å². The molecule has 0 aliphatic heterocycles. The van der Waals surface area contributed by atoms with Crippen LogP contribution >= 0.6 is 15.9 Å². The van der Waals surface area contributed by atoms with Gasteiger partial charge in [0.1, 0.15) is 0 Å². The quantitative estimate of drug-likeness (QED) is 0.881. The van der Waals surface area contributed by atoms with Gasteiger partial charge in [-0.05, 0) is 36.2 Å². The van der Waals surface area contributed by atoms with Crippen molar-refractivity contribution in [3.8, 4) is 0 Å². The summed E-state index contributed by atoms with van der Waals surface area (Å²) in [5.41, 5.74) is 8.07. The fraction of sp³-hybridized carbons (Fsp3) is 0.188. The number of amides is 1. The molecule has 0 heterocycles. The molecule has 2 aromatic rings. The Kier molecular flexibility index (Phi) is 4.93. The minimum absolute atomic E-state index is 0.198. The van der Waals surface area contributed by atoms with Gasteiger partial charge < -0.3 is 11.1 Å². The van der Waals surface area contributed by atoms with Crippen LogP contribution in [0.25, 0.3) is 0 Å². The van der Waals surface area contributed by atoms with Gasteiger partial charge in [-0.15, -0.1) is 0 Å². The first-order valence-electron chi connectivity index (χ1n) is 6.44. The van der Waals surface area contributed by atoms with Crippen LogP contribution in [0.5, 0.6) is 0 Å². The zero-order valence-corrected chi connectivity index (χ0v) is 12.9. The molecule has 4 heteroatoms. The van der Waals surface area contributed by atoms with E-state index in [1.807, 2.05) is 30.3 Å². The van der Waals surface area contributed by atoms with Crippen LogP contribution in [-0.4, -0.2) is 5.91 Å². The normalized spacial score (nSPS) is 12.1. The highest BCUT2D eigenvalue weighted by atomic mass is 79.9. The van der Waals surface area contributed by atoms with E-state index in [0.717, 1.165) is 10.0 Å². The Balaban J connectivity index is 2.05. The number of primary amides is 1. The molecule has 0 aliphatic carbocycles. The number of halogens is 1. The van der Waals surface area contributed by atoms with Gasteiger partial charge in [0, 0.05) is 22.6 Å². The number of hydrogen-bond acceptors (Lipinski definition) is 2. The molecule has 3 N–H and O–H groups in total. The Labute approximate surface area is 127 Å². The first kappa shape index (κ1) is 14.8. The zero-order chi connectivity index (χ0) is 14.5. The van der Waals surface area contributed by atoms with Crippen molar-refractivity contribution < 1.29 is 4.79 Å². The molecule has 0 saturated heterocycles. The Morgan fingerprint density at radius 2 is 1.85 bits per heavy atom. The lowest BCUT2D eigenvalue weighted by Gasteiger charge is -2.15. The molecular weight excluding hydrogens is 316 g/mol. The van der Waals surface area contributed by atoms with Crippen LogP contribution < -0.4 is 11.1 Å². The summed E-state index contributed by atoms with van der Waals surface area (Å²) in [5.74, 6) is -0.390. The number of rotatable bonds is 5. The number of carbonyl (C=O) groups excluding carboxylic acids is 1. The standard InChI is InChI=1S/C16H17BrN2O/c1-11(12-6-8-14(17)9-7-12)19-10-13-4-2-3-5-15(13)16(18)20/h2-9,11,19H,10H2,1H3,(H2,18,20)/t11-/m0/s1. The maximum absolute atomic E-state index is 11.4. The molecule has 1 amide bonds. The Morgan fingerprint density at radius 1 is 1.20 bits per heavy atom. The summed E-state index contributed by atoms with van der Waals surface area (Å²) in [5, 5.41) is 3.41. The molecule has 104 valence electrons. The molecule has 3 nitrogen and oxygen atoms in total. The first-order valence-corrected chi connectivity index (χ1v) is 7.24. The third kappa shape index (κ3) is 3.68. The van der Waals surface area contributed by atoms with Crippen LogP contribution in [0.3, 0.4) is 0 Å². The van der Waals surface area contributed by atoms with Crippen molar-refractivity contribution >= 4 is 21.8 Å². The van der Waals surface area contributed by atoms with Gasteiger partial charge >= 0.3 is 0 Å². The molecule has 0 fully saturated rings. The maximum atomic E-state index is 11.4. The molecule has 2 aromatic carbocycles. The predicted octanol–water partition coefficient (Wildman–Crippen LogP) is 3.40. The van der Waals surface area contributed by atoms with E-state index in [9.17, 15) is 4.79 Å². The highest BCUT2D eigenvalue weighted by Crippen LogP contribution is 2.17. The van der Waals surface area contributed by atoms with Gasteiger partial charge in [0.2, 0.25) is 5.91 Å². The van der Waals surface area contributed by atoms with E-state index in [1.54, 1.807) is 6.07 Å². The number of benzene rings is 2. The van der Waals surface area contributed by atoms with Crippen LogP contribution in [0.4, 0.5) is 0 Å². The topological polar surface area (TPSA) is 55.1 Å². The second kappa shape index (κ2) is 6.68. The van der Waals surface area contributed by atoms with E-state index >= 15 is 0 Å². The number of hydrogen-bond donors (Lipinski definition) is 2. The molecule has 1 atom stereocenters. The van der Waals surface area contributed by atoms with E-state index in [0.29, 0.717) is 12.1 Å². The largest absolute Gasteiger partial charge is 0.366 e. The van der Waals surface area contributed by atoms with Gasteiger partial charge in [-0.25, -0.2) is 0 Å². The van der Waals surface area contributed by atoms with Crippen molar-refractivity contribution in [1.82, 2.24) is 5.32 Å². The SMILES string of the molecule is C[C@H](NCc1ccccc1C(N)=O)c1ccc(Br)cc1. The molecule has 20 heavy (non-hydrogen) atoms. The molecule has 2 rings (SSSR count). The second-order valence-corrected chi connectivity index (χ2v) is 5.59. The monoisotopic (exact) mass is 332 g/mol. The lowest BCUT2D eigenvalue weighted by atomic mass is 10.1. The first-order chi connectivity index (χ1) is 9.58. The predicted molar refractivity (Wildman–Crippen MR) is 84.4 cm³/mol. The third-order valence-electron chi connectivity index (χ3n) is 3.25. The summed E-state index contributed by atoms with van der Waals surface area (Å²) in [4.78, 5) is 11.4. The molecule has 0 aromatic heterocycles. The number of carbonyl (C=O) groups is 1. The fourth-order valence-electron chi connectivity index (χ4n) is 2.05. The number of nitrogens with two attached hydrogens (primary N) is 1. The highest BCUT2D eigenvalue weighted by molar-refractivity contribution is 9.10. The van der Waals surface area contributed by atoms with Crippen molar-refractivity contribution in [2.75, 3.05) is 0 Å². The molecule has 0 saturated carbocycles. The van der Waals surface area contributed by atoms with E-state index < -0.39 is 5.91 Å². The maximum Gasteiger partial charge on any atom is 0.249 e. The van der Waals surface area contributed by atoms with Crippen molar-refractivity contribution in [1.29, 1.82) is 0 Å². The van der Waals surface area contributed by atoms with Crippen molar-refractivity contribution in [3.05, 3.63) is 69.7 Å². The van der Waals surface area contributed by atoms with Crippen LogP contribution in [0.2, 0.25) is 0 Å². The summed E-state index contributed by atoms with van der Waals surface area (Å²) in [6.45, 7) is 2.70. The fourth-order valence-corrected chi connectivity index (χ4v) is 2.31. The number of nitrogens with one attached hydrogen (secondary N) is 1. The van der Waals surface area contributed by atoms with E-state index in [4.69, 9.17) is 5.73 Å². The van der Waals surface area contributed by atoms with E-state index in [2.05, 4.69) is 40.3 Å². The van der Waals surface area contributed by atoms with E-state index in [-0.39, 0.29) is 6.04 Å². The summed E-state index contributed by atoms with van der Waals surface area (Å²) >= 11 is 3.42. The van der Waals surface area contributed by atoms with Gasteiger partial charge in [-0.2, -0.15) is 0 Å². The average Bonchev–Trinajstić information content (AvgIpc) is 2.45. The lowest BCUT2D eigenvalue weighted by Crippen LogP contribution is -2.21. The highest BCUT2D eigenvalue weighted by Gasteiger charge is 2.09. The smallest absolute Gasteiger partial charge is 0.249 e. The molecule has 0 spiro atoms. The van der Waals surface area contributed by atoms with Gasteiger partial charge in [0.05, 0.1) is 0 Å². The zero-order valence-electron chi connectivity index (χ0n) is 11.3. The van der Waals surface area contributed by atoms with Gasteiger partial charge in [0.15, 0.2) is 0 Å². The molecule has 0 bridgehead atoms. The molecule has 0 radical (unpaired) electrons. The van der Waals surface area contributed by atoms with Gasteiger partial charge in [-0.3, -0.25) is 4.79 Å². The minimum Gasteiger partial charge on any atom is -0.366 e. The summed E-state index contributed by atoms with van der Waals surface area (Å²) in [7, 11) is 0. The minimum atomic E-state index is -0.390. The summed E-state index contributed by atoms with van der Waals surface area (Å²) < 4.78 is 1.06. The Hall–Kier alpha value is -1.65. The summed E-state index contributed by atoms with van der Waals surface area (Å²) in [6, 6.07) is 15.8. The average molecular weight is 333 g/mol. The van der Waals surface area contributed by atoms with Crippen molar-refractivity contribution in [3.63, 3.8) is 0 Å². The Morgan fingerprint density at radius 3 is 2.50 bits per heavy atom. The lowest BCUT2D eigenvalue weighted by molar-refractivity contribution is 0.0999. The van der Waals surface area contributed by atoms with Crippen LogP contribution in [0, 0.1) is 0 Å². The van der Waals surface area contributed by atoms with Crippen LogP contribution in [-0.2, 0) is 6.54 Å². The second-order valence-electron chi connectivity index (χ2n) is 4.68. The third-order valence-corrected chi connectivity index (χ3v) is 3.78. The molecule has 0 aliphatic rings.